The summed E-state index contributed by atoms with van der Waals surface area (Å²) in [7, 11) is 3.54. The largest absolute Gasteiger partial charge is 0.365 e. The van der Waals surface area contributed by atoms with Crippen LogP contribution in [0.15, 0.2) is 29.5 Å². The van der Waals surface area contributed by atoms with Gasteiger partial charge in [0.2, 0.25) is 0 Å². The number of aliphatic imine (C=N–C) groups is 1. The van der Waals surface area contributed by atoms with Gasteiger partial charge in [0.25, 0.3) is 0 Å². The van der Waals surface area contributed by atoms with Gasteiger partial charge in [0.15, 0.2) is 11.8 Å². The molecule has 1 fully saturated rings. The van der Waals surface area contributed by atoms with Crippen molar-refractivity contribution in [1.29, 1.82) is 0 Å². The molecular formula is C16H21F2N7. The van der Waals surface area contributed by atoms with Gasteiger partial charge in [-0.15, -0.1) is 10.2 Å². The van der Waals surface area contributed by atoms with Gasteiger partial charge < -0.3 is 20.1 Å². The summed E-state index contributed by atoms with van der Waals surface area (Å²) in [6.45, 7) is 1.56. The van der Waals surface area contributed by atoms with Crippen LogP contribution in [0.25, 0.3) is 0 Å². The van der Waals surface area contributed by atoms with Crippen LogP contribution in [0.5, 0.6) is 0 Å². The fourth-order valence-corrected chi connectivity index (χ4v) is 2.89. The van der Waals surface area contributed by atoms with Crippen molar-refractivity contribution in [2.24, 2.45) is 12.0 Å². The minimum atomic E-state index is -0.537. The second-order valence-electron chi connectivity index (χ2n) is 5.93. The highest BCUT2D eigenvalue weighted by atomic mass is 19.1. The van der Waals surface area contributed by atoms with E-state index in [1.807, 2.05) is 11.6 Å². The van der Waals surface area contributed by atoms with E-state index in [0.29, 0.717) is 25.6 Å². The fourth-order valence-electron chi connectivity index (χ4n) is 2.89. The first-order valence-electron chi connectivity index (χ1n) is 8.07. The molecule has 1 aromatic carbocycles. The minimum absolute atomic E-state index is 0.0360. The van der Waals surface area contributed by atoms with Crippen molar-refractivity contribution < 1.29 is 8.78 Å². The number of hydrogen-bond acceptors (Lipinski definition) is 4. The zero-order chi connectivity index (χ0) is 17.8. The molecule has 25 heavy (non-hydrogen) atoms. The lowest BCUT2D eigenvalue weighted by atomic mass is 10.2. The summed E-state index contributed by atoms with van der Waals surface area (Å²) >= 11 is 0. The average Bonchev–Trinajstić information content (AvgIpc) is 3.20. The number of nitrogens with zero attached hydrogens (tertiary/aromatic N) is 5. The van der Waals surface area contributed by atoms with E-state index in [4.69, 9.17) is 0 Å². The zero-order valence-electron chi connectivity index (χ0n) is 14.2. The Hall–Kier alpha value is -2.71. The van der Waals surface area contributed by atoms with Gasteiger partial charge in [-0.25, -0.2) is 8.78 Å². The maximum absolute atomic E-state index is 13.9. The quantitative estimate of drug-likeness (QED) is 0.638. The van der Waals surface area contributed by atoms with E-state index < -0.39 is 11.6 Å². The Morgan fingerprint density at radius 1 is 1.36 bits per heavy atom. The van der Waals surface area contributed by atoms with Crippen LogP contribution >= 0.6 is 0 Å². The summed E-state index contributed by atoms with van der Waals surface area (Å²) in [5.41, 5.74) is 0.0360. The van der Waals surface area contributed by atoms with Crippen molar-refractivity contribution >= 4 is 11.6 Å². The predicted molar refractivity (Wildman–Crippen MR) is 91.3 cm³/mol. The number of aryl methyl sites for hydroxylation is 1. The fraction of sp³-hybridized carbons (Fsp3) is 0.438. The molecule has 2 aromatic rings. The highest BCUT2D eigenvalue weighted by Crippen LogP contribution is 2.26. The maximum Gasteiger partial charge on any atom is 0.191 e. The summed E-state index contributed by atoms with van der Waals surface area (Å²) in [5, 5.41) is 14.3. The van der Waals surface area contributed by atoms with Crippen molar-refractivity contribution in [3.63, 3.8) is 0 Å². The number of halogens is 2. The van der Waals surface area contributed by atoms with Gasteiger partial charge in [0.1, 0.15) is 23.6 Å². The highest BCUT2D eigenvalue weighted by Gasteiger charge is 2.27. The average molecular weight is 349 g/mol. The molecule has 1 unspecified atom stereocenters. The standard InChI is InChI=1S/C16H21F2N7/c1-19-16(20-8-14-23-21-10-24(14)2)22-11-6-7-25(9-11)15-12(17)4-3-5-13(15)18/h3-5,10-11H,6-9H2,1-2H3,(H2,19,20,22). The van der Waals surface area contributed by atoms with Gasteiger partial charge in [0.05, 0.1) is 6.54 Å². The van der Waals surface area contributed by atoms with Gasteiger partial charge in [0, 0.05) is 33.2 Å². The summed E-state index contributed by atoms with van der Waals surface area (Å²) in [4.78, 5) is 5.90. The van der Waals surface area contributed by atoms with Crippen LogP contribution in [-0.4, -0.2) is 46.9 Å². The number of guanidine groups is 1. The Morgan fingerprint density at radius 2 is 2.12 bits per heavy atom. The summed E-state index contributed by atoms with van der Waals surface area (Å²) in [6, 6.07) is 3.98. The van der Waals surface area contributed by atoms with Crippen molar-refractivity contribution in [2.75, 3.05) is 25.0 Å². The molecule has 0 bridgehead atoms. The first kappa shape index (κ1) is 17.1. The number of benzene rings is 1. The molecule has 1 aromatic heterocycles. The van der Waals surface area contributed by atoms with Gasteiger partial charge in [-0.3, -0.25) is 4.99 Å². The van der Waals surface area contributed by atoms with Crippen LogP contribution in [-0.2, 0) is 13.6 Å². The number of hydrogen-bond donors (Lipinski definition) is 2. The number of anilines is 1. The van der Waals surface area contributed by atoms with Crippen LogP contribution < -0.4 is 15.5 Å². The Labute approximate surface area is 144 Å². The molecule has 0 radical (unpaired) electrons. The molecule has 3 rings (SSSR count). The van der Waals surface area contributed by atoms with Crippen LogP contribution in [0.4, 0.5) is 14.5 Å². The predicted octanol–water partition coefficient (Wildman–Crippen LogP) is 1.04. The maximum atomic E-state index is 13.9. The lowest BCUT2D eigenvalue weighted by Gasteiger charge is -2.21. The highest BCUT2D eigenvalue weighted by molar-refractivity contribution is 5.80. The van der Waals surface area contributed by atoms with Crippen LogP contribution in [0.1, 0.15) is 12.2 Å². The molecular weight excluding hydrogens is 328 g/mol. The molecule has 0 saturated carbocycles. The van der Waals surface area contributed by atoms with Crippen LogP contribution in [0.3, 0.4) is 0 Å². The van der Waals surface area contributed by atoms with E-state index in [1.54, 1.807) is 18.3 Å². The number of rotatable bonds is 4. The lowest BCUT2D eigenvalue weighted by Crippen LogP contribution is -2.44. The van der Waals surface area contributed by atoms with Crippen molar-refractivity contribution in [3.8, 4) is 0 Å². The third kappa shape index (κ3) is 3.86. The third-order valence-corrected chi connectivity index (χ3v) is 4.23. The molecule has 0 amide bonds. The molecule has 1 atom stereocenters. The Balaban J connectivity index is 1.57. The SMILES string of the molecule is CN=C(NCc1nncn1C)NC1CCN(c2c(F)cccc2F)C1. The molecule has 134 valence electrons. The molecule has 2 heterocycles. The molecule has 2 N–H and O–H groups in total. The molecule has 1 saturated heterocycles. The van der Waals surface area contributed by atoms with E-state index in [9.17, 15) is 8.78 Å². The van der Waals surface area contributed by atoms with Gasteiger partial charge >= 0.3 is 0 Å². The number of aromatic nitrogens is 3. The molecule has 0 spiro atoms. The smallest absolute Gasteiger partial charge is 0.191 e. The van der Waals surface area contributed by atoms with Crippen LogP contribution in [0.2, 0.25) is 0 Å². The van der Waals surface area contributed by atoms with Crippen molar-refractivity contribution in [2.45, 2.75) is 19.0 Å². The normalized spacial score (nSPS) is 17.8. The van der Waals surface area contributed by atoms with E-state index in [0.717, 1.165) is 12.2 Å². The van der Waals surface area contributed by atoms with Crippen molar-refractivity contribution in [3.05, 3.63) is 42.0 Å². The van der Waals surface area contributed by atoms with Gasteiger partial charge in [-0.1, -0.05) is 6.07 Å². The molecule has 0 aliphatic carbocycles. The Morgan fingerprint density at radius 3 is 2.76 bits per heavy atom. The molecule has 1 aliphatic heterocycles. The minimum Gasteiger partial charge on any atom is -0.365 e. The summed E-state index contributed by atoms with van der Waals surface area (Å²) in [5.74, 6) is 0.323. The summed E-state index contributed by atoms with van der Waals surface area (Å²) in [6.07, 6.45) is 2.39. The second-order valence-corrected chi connectivity index (χ2v) is 5.93. The summed E-state index contributed by atoms with van der Waals surface area (Å²) < 4.78 is 29.7. The van der Waals surface area contributed by atoms with E-state index in [2.05, 4.69) is 25.8 Å². The molecule has 9 heteroatoms. The van der Waals surface area contributed by atoms with Crippen molar-refractivity contribution in [1.82, 2.24) is 25.4 Å². The van der Waals surface area contributed by atoms with Gasteiger partial charge in [-0.05, 0) is 18.6 Å². The zero-order valence-corrected chi connectivity index (χ0v) is 14.2. The number of para-hydroxylation sites is 1. The van der Waals surface area contributed by atoms with E-state index in [1.165, 1.54) is 18.2 Å². The topological polar surface area (TPSA) is 70.4 Å². The first-order chi connectivity index (χ1) is 12.1. The molecule has 7 nitrogen and oxygen atoms in total. The first-order valence-corrected chi connectivity index (χ1v) is 8.07. The van der Waals surface area contributed by atoms with E-state index >= 15 is 0 Å². The third-order valence-electron chi connectivity index (χ3n) is 4.23. The van der Waals surface area contributed by atoms with Gasteiger partial charge in [-0.2, -0.15) is 0 Å². The monoisotopic (exact) mass is 349 g/mol. The number of nitrogens with one attached hydrogen (secondary N) is 2. The Kier molecular flexibility index (Phi) is 5.11. The lowest BCUT2D eigenvalue weighted by molar-refractivity contribution is 0.575. The van der Waals surface area contributed by atoms with E-state index in [-0.39, 0.29) is 11.7 Å². The Bertz CT molecular complexity index is 738. The molecule has 1 aliphatic rings. The second kappa shape index (κ2) is 7.45. The van der Waals surface area contributed by atoms with Crippen LogP contribution in [0, 0.1) is 11.6 Å².